The van der Waals surface area contributed by atoms with E-state index in [1.807, 2.05) is 0 Å². The number of rotatable bonds is 7. The average Bonchev–Trinajstić information content (AvgIpc) is 2.47. The Kier molecular flexibility index (Phi) is 6.06. The minimum Gasteiger partial charge on any atom is -0.493 e. The van der Waals surface area contributed by atoms with Crippen molar-refractivity contribution in [2.45, 2.75) is 47.6 Å². The van der Waals surface area contributed by atoms with Crippen LogP contribution in [0, 0.1) is 11.3 Å². The second-order valence-electron chi connectivity index (χ2n) is 7.96. The van der Waals surface area contributed by atoms with Crippen molar-refractivity contribution in [2.75, 3.05) is 13.2 Å². The molecule has 0 atom stereocenters. The van der Waals surface area contributed by atoms with E-state index in [9.17, 15) is 0 Å². The van der Waals surface area contributed by atoms with Gasteiger partial charge in [0.2, 0.25) is 0 Å². The van der Waals surface area contributed by atoms with Gasteiger partial charge in [0.15, 0.2) is 0 Å². The molecule has 2 aromatic carbocycles. The van der Waals surface area contributed by atoms with Crippen molar-refractivity contribution in [1.82, 2.24) is 5.32 Å². The summed E-state index contributed by atoms with van der Waals surface area (Å²) in [4.78, 5) is 0. The molecule has 2 rings (SSSR count). The van der Waals surface area contributed by atoms with Gasteiger partial charge in [0.1, 0.15) is 5.75 Å². The van der Waals surface area contributed by atoms with Crippen molar-refractivity contribution in [1.29, 1.82) is 0 Å². The molecular formula is C21H31NO. The lowest BCUT2D eigenvalue weighted by molar-refractivity contribution is 0.286. The predicted molar refractivity (Wildman–Crippen MR) is 100 cm³/mol. The SMILES string of the molecule is CC(C)CCOc1ccc2ccccc2c1CNCC(C)(C)C. The Hall–Kier alpha value is -1.54. The molecule has 0 saturated carbocycles. The fourth-order valence-corrected chi connectivity index (χ4v) is 2.60. The van der Waals surface area contributed by atoms with E-state index in [0.29, 0.717) is 5.92 Å². The zero-order chi connectivity index (χ0) is 16.9. The molecule has 2 aromatic rings. The molecule has 0 fully saturated rings. The van der Waals surface area contributed by atoms with Gasteiger partial charge >= 0.3 is 0 Å². The quantitative estimate of drug-likeness (QED) is 0.739. The van der Waals surface area contributed by atoms with E-state index in [1.54, 1.807) is 0 Å². The summed E-state index contributed by atoms with van der Waals surface area (Å²) in [7, 11) is 0. The molecule has 0 radical (unpaired) electrons. The highest BCUT2D eigenvalue weighted by atomic mass is 16.5. The fourth-order valence-electron chi connectivity index (χ4n) is 2.60. The second kappa shape index (κ2) is 7.83. The summed E-state index contributed by atoms with van der Waals surface area (Å²) < 4.78 is 6.10. The van der Waals surface area contributed by atoms with Crippen molar-refractivity contribution < 1.29 is 4.74 Å². The Morgan fingerprint density at radius 1 is 1.04 bits per heavy atom. The second-order valence-corrected chi connectivity index (χ2v) is 7.96. The third-order valence-corrected chi connectivity index (χ3v) is 3.91. The number of ether oxygens (including phenoxy) is 1. The van der Waals surface area contributed by atoms with Gasteiger partial charge in [-0.15, -0.1) is 0 Å². The van der Waals surface area contributed by atoms with Gasteiger partial charge in [-0.05, 0) is 34.6 Å². The Morgan fingerprint density at radius 2 is 1.78 bits per heavy atom. The minimum atomic E-state index is 0.281. The van der Waals surface area contributed by atoms with Gasteiger partial charge in [-0.3, -0.25) is 0 Å². The van der Waals surface area contributed by atoms with Crippen molar-refractivity contribution >= 4 is 10.8 Å². The highest BCUT2D eigenvalue weighted by molar-refractivity contribution is 5.87. The standard InChI is InChI=1S/C21H31NO/c1-16(2)12-13-23-20-11-10-17-8-6-7-9-18(17)19(20)14-22-15-21(3,4)5/h6-11,16,22H,12-15H2,1-5H3. The summed E-state index contributed by atoms with van der Waals surface area (Å²) in [6.45, 7) is 13.8. The molecule has 1 N–H and O–H groups in total. The minimum absolute atomic E-state index is 0.281. The Morgan fingerprint density at radius 3 is 2.48 bits per heavy atom. The van der Waals surface area contributed by atoms with Crippen LogP contribution in [-0.2, 0) is 6.54 Å². The number of fused-ring (bicyclic) bond motifs is 1. The zero-order valence-corrected chi connectivity index (χ0v) is 15.3. The molecule has 0 bridgehead atoms. The lowest BCUT2D eigenvalue weighted by Gasteiger charge is -2.20. The third-order valence-electron chi connectivity index (χ3n) is 3.91. The predicted octanol–water partition coefficient (Wildman–Crippen LogP) is 5.40. The molecule has 0 aliphatic heterocycles. The lowest BCUT2D eigenvalue weighted by Crippen LogP contribution is -2.26. The first kappa shape index (κ1) is 17.8. The summed E-state index contributed by atoms with van der Waals surface area (Å²) in [5.74, 6) is 1.68. The van der Waals surface area contributed by atoms with Crippen LogP contribution in [0.1, 0.15) is 46.6 Å². The molecular weight excluding hydrogens is 282 g/mol. The molecule has 126 valence electrons. The van der Waals surface area contributed by atoms with Gasteiger partial charge in [-0.25, -0.2) is 0 Å². The molecule has 23 heavy (non-hydrogen) atoms. The average molecular weight is 313 g/mol. The van der Waals surface area contributed by atoms with Crippen LogP contribution in [0.4, 0.5) is 0 Å². The van der Waals surface area contributed by atoms with E-state index in [-0.39, 0.29) is 5.41 Å². The van der Waals surface area contributed by atoms with E-state index < -0.39 is 0 Å². The van der Waals surface area contributed by atoms with Crippen LogP contribution in [-0.4, -0.2) is 13.2 Å². The maximum absolute atomic E-state index is 6.10. The van der Waals surface area contributed by atoms with Gasteiger partial charge in [-0.2, -0.15) is 0 Å². The van der Waals surface area contributed by atoms with Gasteiger partial charge in [-0.1, -0.05) is 65.0 Å². The highest BCUT2D eigenvalue weighted by Gasteiger charge is 2.12. The van der Waals surface area contributed by atoms with Crippen LogP contribution in [0.25, 0.3) is 10.8 Å². The van der Waals surface area contributed by atoms with Gasteiger partial charge < -0.3 is 10.1 Å². The Bertz CT molecular complexity index is 625. The molecule has 2 heteroatoms. The fraction of sp³-hybridized carbons (Fsp3) is 0.524. The first-order valence-electron chi connectivity index (χ1n) is 8.71. The first-order chi connectivity index (χ1) is 10.9. The molecule has 0 spiro atoms. The van der Waals surface area contributed by atoms with Crippen molar-refractivity contribution in [3.05, 3.63) is 42.0 Å². The number of hydrogen-bond acceptors (Lipinski definition) is 2. The Balaban J connectivity index is 2.20. The molecule has 0 aliphatic rings. The number of nitrogens with one attached hydrogen (secondary N) is 1. The molecule has 0 amide bonds. The summed E-state index contributed by atoms with van der Waals surface area (Å²) in [5, 5.41) is 6.16. The van der Waals surface area contributed by atoms with E-state index in [4.69, 9.17) is 4.74 Å². The van der Waals surface area contributed by atoms with Crippen molar-refractivity contribution in [3.63, 3.8) is 0 Å². The van der Waals surface area contributed by atoms with Gasteiger partial charge in [0.25, 0.3) is 0 Å². The van der Waals surface area contributed by atoms with Crippen LogP contribution >= 0.6 is 0 Å². The van der Waals surface area contributed by atoms with E-state index in [2.05, 4.69) is 76.3 Å². The largest absolute Gasteiger partial charge is 0.493 e. The van der Waals surface area contributed by atoms with Crippen LogP contribution in [0.5, 0.6) is 5.75 Å². The van der Waals surface area contributed by atoms with E-state index >= 15 is 0 Å². The number of benzene rings is 2. The van der Waals surface area contributed by atoms with E-state index in [1.165, 1.54) is 16.3 Å². The maximum Gasteiger partial charge on any atom is 0.124 e. The molecule has 0 heterocycles. The van der Waals surface area contributed by atoms with Crippen LogP contribution in [0.2, 0.25) is 0 Å². The zero-order valence-electron chi connectivity index (χ0n) is 15.3. The topological polar surface area (TPSA) is 21.3 Å². The van der Waals surface area contributed by atoms with Crippen molar-refractivity contribution in [2.24, 2.45) is 11.3 Å². The molecule has 0 aliphatic carbocycles. The normalized spacial score (nSPS) is 12.1. The monoisotopic (exact) mass is 313 g/mol. The summed E-state index contributed by atoms with van der Waals surface area (Å²) in [6, 6.07) is 12.8. The summed E-state index contributed by atoms with van der Waals surface area (Å²) in [5.41, 5.74) is 1.56. The highest BCUT2D eigenvalue weighted by Crippen LogP contribution is 2.28. The molecule has 0 saturated heterocycles. The Labute approximate surface area is 141 Å². The summed E-state index contributed by atoms with van der Waals surface area (Å²) >= 11 is 0. The van der Waals surface area contributed by atoms with E-state index in [0.717, 1.165) is 31.9 Å². The molecule has 0 unspecified atom stereocenters. The number of hydrogen-bond donors (Lipinski definition) is 1. The van der Waals surface area contributed by atoms with Crippen molar-refractivity contribution in [3.8, 4) is 5.75 Å². The first-order valence-corrected chi connectivity index (χ1v) is 8.71. The smallest absolute Gasteiger partial charge is 0.124 e. The van der Waals surface area contributed by atoms with Gasteiger partial charge in [0, 0.05) is 18.7 Å². The third kappa shape index (κ3) is 5.54. The molecule has 0 aromatic heterocycles. The lowest BCUT2D eigenvalue weighted by atomic mass is 9.96. The van der Waals surface area contributed by atoms with Crippen LogP contribution in [0.15, 0.2) is 36.4 Å². The van der Waals surface area contributed by atoms with Crippen LogP contribution in [0.3, 0.4) is 0 Å². The van der Waals surface area contributed by atoms with Gasteiger partial charge in [0.05, 0.1) is 6.61 Å². The summed E-state index contributed by atoms with van der Waals surface area (Å²) in [6.07, 6.45) is 1.09. The van der Waals surface area contributed by atoms with Crippen LogP contribution < -0.4 is 10.1 Å². The maximum atomic E-state index is 6.10. The molecule has 2 nitrogen and oxygen atoms in total.